The highest BCUT2D eigenvalue weighted by Gasteiger charge is 2.19. The SMILES string of the molecule is Clc1ccc(CN2CCc3nc(-c4ccccc4)ncc3C2)o1. The van der Waals surface area contributed by atoms with Crippen molar-refractivity contribution in [2.45, 2.75) is 19.5 Å². The molecule has 5 heteroatoms. The van der Waals surface area contributed by atoms with Crippen LogP contribution >= 0.6 is 11.6 Å². The van der Waals surface area contributed by atoms with Crippen LogP contribution in [0.4, 0.5) is 0 Å². The van der Waals surface area contributed by atoms with Gasteiger partial charge in [-0.3, -0.25) is 4.90 Å². The van der Waals surface area contributed by atoms with E-state index in [2.05, 4.69) is 9.88 Å². The van der Waals surface area contributed by atoms with Gasteiger partial charge in [0.15, 0.2) is 11.0 Å². The molecule has 0 N–H and O–H groups in total. The van der Waals surface area contributed by atoms with Gasteiger partial charge in [-0.2, -0.15) is 0 Å². The van der Waals surface area contributed by atoms with Crippen LogP contribution in [0, 0.1) is 0 Å². The van der Waals surface area contributed by atoms with Crippen LogP contribution in [0.1, 0.15) is 17.0 Å². The molecular weight excluding hydrogens is 310 g/mol. The Morgan fingerprint density at radius 3 is 2.78 bits per heavy atom. The van der Waals surface area contributed by atoms with Gasteiger partial charge in [-0.05, 0) is 23.7 Å². The number of furan rings is 1. The number of halogens is 1. The van der Waals surface area contributed by atoms with Crippen molar-refractivity contribution in [2.24, 2.45) is 0 Å². The first-order valence-corrected chi connectivity index (χ1v) is 8.02. The summed E-state index contributed by atoms with van der Waals surface area (Å²) in [6, 6.07) is 13.8. The molecule has 3 heterocycles. The number of nitrogens with zero attached hydrogens (tertiary/aromatic N) is 3. The van der Waals surface area contributed by atoms with Gasteiger partial charge in [0.2, 0.25) is 0 Å². The quantitative estimate of drug-likeness (QED) is 0.731. The molecule has 0 amide bonds. The third-order valence-corrected chi connectivity index (χ3v) is 4.26. The van der Waals surface area contributed by atoms with Gasteiger partial charge >= 0.3 is 0 Å². The summed E-state index contributed by atoms with van der Waals surface area (Å²) in [5.74, 6) is 1.69. The lowest BCUT2D eigenvalue weighted by Gasteiger charge is -2.27. The van der Waals surface area contributed by atoms with Crippen molar-refractivity contribution < 1.29 is 4.42 Å². The average molecular weight is 326 g/mol. The second-order valence-electron chi connectivity index (χ2n) is 5.70. The molecule has 0 saturated heterocycles. The number of rotatable bonds is 3. The van der Waals surface area contributed by atoms with Gasteiger partial charge in [0.1, 0.15) is 5.76 Å². The summed E-state index contributed by atoms with van der Waals surface area (Å²) in [6.45, 7) is 2.55. The Kier molecular flexibility index (Phi) is 3.85. The van der Waals surface area contributed by atoms with Gasteiger partial charge in [0.25, 0.3) is 0 Å². The Hall–Kier alpha value is -2.17. The first-order valence-electron chi connectivity index (χ1n) is 7.65. The average Bonchev–Trinajstić information content (AvgIpc) is 3.00. The van der Waals surface area contributed by atoms with E-state index in [1.54, 1.807) is 6.07 Å². The summed E-state index contributed by atoms with van der Waals surface area (Å²) in [5, 5.41) is 0.438. The number of benzene rings is 1. The Balaban J connectivity index is 1.52. The van der Waals surface area contributed by atoms with Crippen LogP contribution in [0.5, 0.6) is 0 Å². The van der Waals surface area contributed by atoms with Gasteiger partial charge < -0.3 is 4.42 Å². The molecule has 2 aromatic heterocycles. The molecule has 0 spiro atoms. The molecule has 0 saturated carbocycles. The maximum atomic E-state index is 5.83. The summed E-state index contributed by atoms with van der Waals surface area (Å²) in [5.41, 5.74) is 3.39. The monoisotopic (exact) mass is 325 g/mol. The summed E-state index contributed by atoms with van der Waals surface area (Å²) in [4.78, 5) is 11.6. The Bertz CT molecular complexity index is 816. The molecule has 0 fully saturated rings. The summed E-state index contributed by atoms with van der Waals surface area (Å²) >= 11 is 5.83. The molecule has 23 heavy (non-hydrogen) atoms. The topological polar surface area (TPSA) is 42.2 Å². The van der Waals surface area contributed by atoms with Gasteiger partial charge in [-0.15, -0.1) is 0 Å². The lowest BCUT2D eigenvalue weighted by molar-refractivity contribution is 0.223. The van der Waals surface area contributed by atoms with Gasteiger partial charge in [-0.25, -0.2) is 9.97 Å². The maximum absolute atomic E-state index is 5.83. The molecule has 1 aromatic carbocycles. The van der Waals surface area contributed by atoms with Gasteiger partial charge in [0.05, 0.1) is 12.2 Å². The molecule has 0 unspecified atom stereocenters. The standard InChI is InChI=1S/C18H16ClN3O/c19-17-7-6-15(23-17)12-22-9-8-16-14(11-22)10-20-18(21-16)13-4-2-1-3-5-13/h1-7,10H,8-9,11-12H2. The summed E-state index contributed by atoms with van der Waals surface area (Å²) < 4.78 is 5.44. The van der Waals surface area contributed by atoms with Crippen molar-refractivity contribution in [2.75, 3.05) is 6.54 Å². The lowest BCUT2D eigenvalue weighted by Crippen LogP contribution is -2.30. The molecule has 0 aliphatic carbocycles. The van der Waals surface area contributed by atoms with E-state index in [4.69, 9.17) is 21.0 Å². The zero-order valence-corrected chi connectivity index (χ0v) is 13.3. The normalized spacial score (nSPS) is 14.7. The van der Waals surface area contributed by atoms with Crippen molar-refractivity contribution in [3.8, 4) is 11.4 Å². The van der Waals surface area contributed by atoms with E-state index in [0.29, 0.717) is 5.22 Å². The predicted molar refractivity (Wildman–Crippen MR) is 89.0 cm³/mol. The van der Waals surface area contributed by atoms with E-state index in [1.807, 2.05) is 42.6 Å². The van der Waals surface area contributed by atoms with Gasteiger partial charge in [0, 0.05) is 36.8 Å². The highest BCUT2D eigenvalue weighted by molar-refractivity contribution is 6.28. The second kappa shape index (κ2) is 6.14. The fraction of sp³-hybridized carbons (Fsp3) is 0.222. The molecule has 0 radical (unpaired) electrons. The fourth-order valence-corrected chi connectivity index (χ4v) is 3.06. The minimum Gasteiger partial charge on any atom is -0.448 e. The van der Waals surface area contributed by atoms with Crippen molar-refractivity contribution in [3.05, 3.63) is 70.9 Å². The summed E-state index contributed by atoms with van der Waals surface area (Å²) in [7, 11) is 0. The maximum Gasteiger partial charge on any atom is 0.193 e. The van der Waals surface area contributed by atoms with Crippen LogP contribution in [0.25, 0.3) is 11.4 Å². The third-order valence-electron chi connectivity index (χ3n) is 4.05. The zero-order valence-electron chi connectivity index (χ0n) is 12.6. The van der Waals surface area contributed by atoms with Gasteiger partial charge in [-0.1, -0.05) is 30.3 Å². The van der Waals surface area contributed by atoms with Crippen LogP contribution in [0.2, 0.25) is 5.22 Å². The Morgan fingerprint density at radius 1 is 1.13 bits per heavy atom. The highest BCUT2D eigenvalue weighted by atomic mass is 35.5. The van der Waals surface area contributed by atoms with E-state index in [9.17, 15) is 0 Å². The molecule has 3 aromatic rings. The molecule has 4 rings (SSSR count). The molecule has 0 bridgehead atoms. The van der Waals surface area contributed by atoms with Crippen molar-refractivity contribution in [1.82, 2.24) is 14.9 Å². The van der Waals surface area contributed by atoms with Crippen LogP contribution in [0.3, 0.4) is 0 Å². The van der Waals surface area contributed by atoms with E-state index in [0.717, 1.165) is 48.9 Å². The number of fused-ring (bicyclic) bond motifs is 1. The Morgan fingerprint density at radius 2 is 2.00 bits per heavy atom. The van der Waals surface area contributed by atoms with Crippen LogP contribution < -0.4 is 0 Å². The first-order chi connectivity index (χ1) is 11.3. The Labute approximate surface area is 139 Å². The number of hydrogen-bond acceptors (Lipinski definition) is 4. The number of hydrogen-bond donors (Lipinski definition) is 0. The molecule has 4 nitrogen and oxygen atoms in total. The minimum absolute atomic E-state index is 0.438. The van der Waals surface area contributed by atoms with Crippen molar-refractivity contribution >= 4 is 11.6 Å². The molecule has 1 aliphatic heterocycles. The van der Waals surface area contributed by atoms with E-state index in [-0.39, 0.29) is 0 Å². The molecule has 116 valence electrons. The zero-order chi connectivity index (χ0) is 15.6. The second-order valence-corrected chi connectivity index (χ2v) is 6.07. The van der Waals surface area contributed by atoms with Crippen LogP contribution in [-0.2, 0) is 19.5 Å². The molecule has 1 aliphatic rings. The van der Waals surface area contributed by atoms with E-state index >= 15 is 0 Å². The fourth-order valence-electron chi connectivity index (χ4n) is 2.89. The smallest absolute Gasteiger partial charge is 0.193 e. The highest BCUT2D eigenvalue weighted by Crippen LogP contribution is 2.23. The predicted octanol–water partition coefficient (Wildman–Crippen LogP) is 3.95. The molecule has 0 atom stereocenters. The first kappa shape index (κ1) is 14.4. The third kappa shape index (κ3) is 3.14. The number of aromatic nitrogens is 2. The molecular formula is C18H16ClN3O. The van der Waals surface area contributed by atoms with Crippen LogP contribution in [0.15, 0.2) is 53.1 Å². The largest absolute Gasteiger partial charge is 0.448 e. The van der Waals surface area contributed by atoms with Crippen molar-refractivity contribution in [1.29, 1.82) is 0 Å². The van der Waals surface area contributed by atoms with Crippen molar-refractivity contribution in [3.63, 3.8) is 0 Å². The summed E-state index contributed by atoms with van der Waals surface area (Å²) in [6.07, 6.45) is 2.87. The van der Waals surface area contributed by atoms with E-state index < -0.39 is 0 Å². The minimum atomic E-state index is 0.438. The lowest BCUT2D eigenvalue weighted by atomic mass is 10.1. The van der Waals surface area contributed by atoms with Crippen LogP contribution in [-0.4, -0.2) is 21.4 Å². The van der Waals surface area contributed by atoms with E-state index in [1.165, 1.54) is 5.56 Å².